The van der Waals surface area contributed by atoms with Crippen LogP contribution in [0.2, 0.25) is 0 Å². The molecule has 0 atom stereocenters. The molecule has 2 aromatic carbocycles. The van der Waals surface area contributed by atoms with Gasteiger partial charge in [-0.2, -0.15) is 8.75 Å². The first-order valence-electron chi connectivity index (χ1n) is 8.18. The topological polar surface area (TPSA) is 99.6 Å². The number of fused-ring (bicyclic) bond motifs is 1. The van der Waals surface area contributed by atoms with Crippen LogP contribution in [-0.2, 0) is 14.3 Å². The monoisotopic (exact) mass is 399 g/mol. The molecule has 3 rings (SSSR count). The molecular weight excluding hydrogens is 382 g/mol. The third-order valence-corrected chi connectivity index (χ3v) is 4.26. The van der Waals surface area contributed by atoms with E-state index in [0.29, 0.717) is 22.7 Å². The van der Waals surface area contributed by atoms with Gasteiger partial charge in [-0.1, -0.05) is 12.1 Å². The van der Waals surface area contributed by atoms with E-state index < -0.39 is 5.97 Å². The fourth-order valence-corrected chi connectivity index (χ4v) is 2.93. The van der Waals surface area contributed by atoms with Crippen molar-refractivity contribution < 1.29 is 23.8 Å². The van der Waals surface area contributed by atoms with Gasteiger partial charge in [-0.25, -0.2) is 4.79 Å². The number of amides is 1. The molecule has 0 aliphatic carbocycles. The molecule has 8 nitrogen and oxygen atoms in total. The largest absolute Gasteiger partial charge is 0.493 e. The average Bonchev–Trinajstić information content (AvgIpc) is 3.20. The van der Waals surface area contributed by atoms with Crippen molar-refractivity contribution in [3.63, 3.8) is 0 Å². The summed E-state index contributed by atoms with van der Waals surface area (Å²) in [4.78, 5) is 23.4. The highest BCUT2D eigenvalue weighted by atomic mass is 32.1. The van der Waals surface area contributed by atoms with Gasteiger partial charge in [0.15, 0.2) is 18.1 Å². The summed E-state index contributed by atoms with van der Waals surface area (Å²) in [5, 5.41) is 2.77. The lowest BCUT2D eigenvalue weighted by molar-refractivity contribution is -0.134. The lowest BCUT2D eigenvalue weighted by Crippen LogP contribution is -2.20. The standard InChI is InChI=1S/C19H17N3O5S/c1-25-16-10-12(7-9-18(24)26-2)6-8-15(16)27-11-17(23)20-13-4-3-5-14-19(13)22-28-21-14/h3-10H,11H2,1-2H3,(H,20,23)/b9-7+. The van der Waals surface area contributed by atoms with Gasteiger partial charge < -0.3 is 19.5 Å². The number of carbonyl (C=O) groups excluding carboxylic acids is 2. The minimum absolute atomic E-state index is 0.207. The van der Waals surface area contributed by atoms with E-state index >= 15 is 0 Å². The Morgan fingerprint density at radius 1 is 1.14 bits per heavy atom. The number of nitrogens with one attached hydrogen (secondary N) is 1. The zero-order chi connectivity index (χ0) is 19.9. The van der Waals surface area contributed by atoms with Gasteiger partial charge in [-0.3, -0.25) is 4.79 Å². The Morgan fingerprint density at radius 2 is 2.00 bits per heavy atom. The molecule has 28 heavy (non-hydrogen) atoms. The number of esters is 1. The van der Waals surface area contributed by atoms with Crippen molar-refractivity contribution in [2.24, 2.45) is 0 Å². The maximum absolute atomic E-state index is 12.2. The first kappa shape index (κ1) is 19.3. The Morgan fingerprint density at radius 3 is 2.79 bits per heavy atom. The number of ether oxygens (including phenoxy) is 3. The van der Waals surface area contributed by atoms with Crippen LogP contribution in [0.25, 0.3) is 17.1 Å². The van der Waals surface area contributed by atoms with E-state index in [1.54, 1.807) is 36.4 Å². The molecule has 144 valence electrons. The molecule has 0 aliphatic rings. The molecule has 0 saturated carbocycles. The van der Waals surface area contributed by atoms with E-state index in [-0.39, 0.29) is 12.5 Å². The molecule has 1 amide bonds. The number of nitrogens with zero attached hydrogens (tertiary/aromatic N) is 2. The molecule has 0 bridgehead atoms. The quantitative estimate of drug-likeness (QED) is 0.482. The molecule has 0 saturated heterocycles. The number of anilines is 1. The highest BCUT2D eigenvalue weighted by Crippen LogP contribution is 2.28. The predicted molar refractivity (Wildman–Crippen MR) is 106 cm³/mol. The first-order chi connectivity index (χ1) is 13.6. The molecule has 3 aromatic rings. The number of carbonyl (C=O) groups is 2. The summed E-state index contributed by atoms with van der Waals surface area (Å²) in [6, 6.07) is 10.5. The second-order valence-corrected chi connectivity index (χ2v) is 6.07. The molecule has 0 radical (unpaired) electrons. The van der Waals surface area contributed by atoms with Gasteiger partial charge in [-0.15, -0.1) is 0 Å². The number of methoxy groups -OCH3 is 2. The summed E-state index contributed by atoms with van der Waals surface area (Å²) >= 11 is 1.08. The second-order valence-electron chi connectivity index (χ2n) is 5.54. The maximum atomic E-state index is 12.2. The minimum atomic E-state index is -0.457. The molecule has 0 spiro atoms. The summed E-state index contributed by atoms with van der Waals surface area (Å²) in [7, 11) is 2.80. The van der Waals surface area contributed by atoms with Gasteiger partial charge in [0.1, 0.15) is 11.0 Å². The Balaban J connectivity index is 1.65. The summed E-state index contributed by atoms with van der Waals surface area (Å²) in [6.45, 7) is -0.207. The van der Waals surface area contributed by atoms with Crippen LogP contribution in [0.3, 0.4) is 0 Å². The van der Waals surface area contributed by atoms with Gasteiger partial charge in [0, 0.05) is 6.08 Å². The average molecular weight is 399 g/mol. The SMILES string of the molecule is COC(=O)/C=C/c1ccc(OCC(=O)Nc2cccc3nsnc23)c(OC)c1. The fraction of sp³-hybridized carbons (Fsp3) is 0.158. The fourth-order valence-electron chi connectivity index (χ4n) is 2.38. The lowest BCUT2D eigenvalue weighted by Gasteiger charge is -2.11. The second kappa shape index (κ2) is 8.96. The zero-order valence-electron chi connectivity index (χ0n) is 15.2. The van der Waals surface area contributed by atoms with Crippen molar-refractivity contribution in [1.82, 2.24) is 8.75 Å². The molecule has 9 heteroatoms. The number of rotatable bonds is 7. The Labute approximate surface area is 165 Å². The smallest absolute Gasteiger partial charge is 0.330 e. The summed E-state index contributed by atoms with van der Waals surface area (Å²) in [5.74, 6) is 0.0468. The van der Waals surface area contributed by atoms with E-state index in [2.05, 4.69) is 18.8 Å². The van der Waals surface area contributed by atoms with Crippen molar-refractivity contribution in [2.45, 2.75) is 0 Å². The highest BCUT2D eigenvalue weighted by molar-refractivity contribution is 7.00. The van der Waals surface area contributed by atoms with Crippen LogP contribution in [0.5, 0.6) is 11.5 Å². The molecule has 1 N–H and O–H groups in total. The van der Waals surface area contributed by atoms with Crippen LogP contribution in [0.15, 0.2) is 42.5 Å². The van der Waals surface area contributed by atoms with Crippen molar-refractivity contribution in [1.29, 1.82) is 0 Å². The van der Waals surface area contributed by atoms with E-state index in [1.165, 1.54) is 20.3 Å². The maximum Gasteiger partial charge on any atom is 0.330 e. The van der Waals surface area contributed by atoms with E-state index in [0.717, 1.165) is 22.8 Å². The summed E-state index contributed by atoms with van der Waals surface area (Å²) in [6.07, 6.45) is 2.89. The lowest BCUT2D eigenvalue weighted by atomic mass is 10.2. The Hall–Kier alpha value is -3.46. The molecule has 1 aromatic heterocycles. The molecular formula is C19H17N3O5S. The van der Waals surface area contributed by atoms with Gasteiger partial charge in [-0.05, 0) is 35.9 Å². The van der Waals surface area contributed by atoms with Crippen molar-refractivity contribution in [3.8, 4) is 11.5 Å². The third kappa shape index (κ3) is 4.63. The normalized spacial score (nSPS) is 10.8. The van der Waals surface area contributed by atoms with Crippen LogP contribution in [-0.4, -0.2) is 41.5 Å². The number of hydrogen-bond acceptors (Lipinski definition) is 8. The molecule has 0 fully saturated rings. The minimum Gasteiger partial charge on any atom is -0.493 e. The van der Waals surface area contributed by atoms with Crippen LogP contribution < -0.4 is 14.8 Å². The highest BCUT2D eigenvalue weighted by Gasteiger charge is 2.11. The van der Waals surface area contributed by atoms with E-state index in [1.807, 2.05) is 6.07 Å². The van der Waals surface area contributed by atoms with Crippen molar-refractivity contribution in [2.75, 3.05) is 26.1 Å². The van der Waals surface area contributed by atoms with E-state index in [4.69, 9.17) is 9.47 Å². The predicted octanol–water partition coefficient (Wildman–Crippen LogP) is 2.90. The molecule has 0 unspecified atom stereocenters. The summed E-state index contributed by atoms with van der Waals surface area (Å²) in [5.41, 5.74) is 2.66. The van der Waals surface area contributed by atoms with E-state index in [9.17, 15) is 9.59 Å². The van der Waals surface area contributed by atoms with Gasteiger partial charge >= 0.3 is 5.97 Å². The van der Waals surface area contributed by atoms with Crippen LogP contribution in [0.4, 0.5) is 5.69 Å². The number of hydrogen-bond donors (Lipinski definition) is 1. The molecule has 0 aliphatic heterocycles. The van der Waals surface area contributed by atoms with Crippen molar-refractivity contribution in [3.05, 3.63) is 48.0 Å². The first-order valence-corrected chi connectivity index (χ1v) is 8.91. The molecule has 1 heterocycles. The number of aromatic nitrogens is 2. The van der Waals surface area contributed by atoms with Crippen LogP contribution in [0.1, 0.15) is 5.56 Å². The summed E-state index contributed by atoms with van der Waals surface area (Å²) < 4.78 is 23.7. The zero-order valence-corrected chi connectivity index (χ0v) is 16.0. The van der Waals surface area contributed by atoms with Gasteiger partial charge in [0.25, 0.3) is 5.91 Å². The Bertz CT molecular complexity index is 1030. The number of benzene rings is 2. The van der Waals surface area contributed by atoms with Crippen LogP contribution in [0, 0.1) is 0 Å². The van der Waals surface area contributed by atoms with Gasteiger partial charge in [0.2, 0.25) is 0 Å². The van der Waals surface area contributed by atoms with Crippen LogP contribution >= 0.6 is 11.7 Å². The third-order valence-electron chi connectivity index (χ3n) is 3.72. The Kier molecular flexibility index (Phi) is 6.18. The van der Waals surface area contributed by atoms with Gasteiger partial charge in [0.05, 0.1) is 31.6 Å². The van der Waals surface area contributed by atoms with Crippen molar-refractivity contribution >= 4 is 46.4 Å².